The van der Waals surface area contributed by atoms with Crippen LogP contribution in [-0.4, -0.2) is 49.7 Å². The van der Waals surface area contributed by atoms with Gasteiger partial charge in [0.1, 0.15) is 22.1 Å². The lowest BCUT2D eigenvalue weighted by molar-refractivity contribution is 0.0919. The fraction of sp³-hybridized carbons (Fsp3) is 0.391. The molecule has 0 spiro atoms. The van der Waals surface area contributed by atoms with Crippen molar-refractivity contribution in [3.8, 4) is 5.75 Å². The second kappa shape index (κ2) is 8.42. The number of halogens is 2. The Morgan fingerprint density at radius 1 is 1.27 bits per heavy atom. The highest BCUT2D eigenvalue weighted by molar-refractivity contribution is 7.21. The van der Waals surface area contributed by atoms with Gasteiger partial charge in [-0.2, -0.15) is 0 Å². The van der Waals surface area contributed by atoms with Crippen LogP contribution >= 0.6 is 11.3 Å². The first-order valence-corrected chi connectivity index (χ1v) is 11.7. The number of fused-ring (bicyclic) bond motifs is 2. The predicted molar refractivity (Wildman–Crippen MR) is 125 cm³/mol. The average Bonchev–Trinajstić information content (AvgIpc) is 3.13. The Bertz CT molecular complexity index is 1260. The first kappa shape index (κ1) is 21.8. The summed E-state index contributed by atoms with van der Waals surface area (Å²) in [7, 11) is 0. The number of thiophene rings is 1. The standard InChI is InChI=1S/C23H25F2N5O2S/c1-11-7-12(2)28-23-17(11)20(26)21(33-23)22(31)29-13-8-14-16(32-10-13)9-15(19(25)18(14)24)30-5-3-27-4-6-30/h7,9,13,27H,3-6,8,10,26H2,1-2H3,(H,29,31)/t13-/m1/s1. The Balaban J connectivity index is 1.37. The zero-order chi connectivity index (χ0) is 23.3. The summed E-state index contributed by atoms with van der Waals surface area (Å²) in [6, 6.07) is 2.98. The van der Waals surface area contributed by atoms with Gasteiger partial charge in [0, 0.05) is 55.3 Å². The van der Waals surface area contributed by atoms with Crippen molar-refractivity contribution < 1.29 is 18.3 Å². The molecule has 10 heteroatoms. The quantitative estimate of drug-likeness (QED) is 0.542. The van der Waals surface area contributed by atoms with Gasteiger partial charge < -0.3 is 26.0 Å². The van der Waals surface area contributed by atoms with E-state index < -0.39 is 17.7 Å². The van der Waals surface area contributed by atoms with E-state index in [-0.39, 0.29) is 30.2 Å². The van der Waals surface area contributed by atoms with Crippen molar-refractivity contribution in [3.05, 3.63) is 45.5 Å². The molecule has 0 radical (unpaired) electrons. The molecule has 0 bridgehead atoms. The zero-order valence-electron chi connectivity index (χ0n) is 18.4. The molecule has 0 aliphatic carbocycles. The Labute approximate surface area is 193 Å². The monoisotopic (exact) mass is 473 g/mol. The molecule has 4 heterocycles. The minimum Gasteiger partial charge on any atom is -0.491 e. The van der Waals surface area contributed by atoms with Crippen LogP contribution in [0, 0.1) is 25.5 Å². The summed E-state index contributed by atoms with van der Waals surface area (Å²) in [5, 5.41) is 6.84. The number of aryl methyl sites for hydroxylation is 2. The van der Waals surface area contributed by atoms with Crippen LogP contribution in [0.25, 0.3) is 10.2 Å². The second-order valence-electron chi connectivity index (χ2n) is 8.53. The smallest absolute Gasteiger partial charge is 0.263 e. The molecule has 2 aromatic heterocycles. The van der Waals surface area contributed by atoms with Crippen LogP contribution in [0.5, 0.6) is 5.75 Å². The third-order valence-corrected chi connectivity index (χ3v) is 7.26. The van der Waals surface area contributed by atoms with E-state index in [2.05, 4.69) is 15.6 Å². The summed E-state index contributed by atoms with van der Waals surface area (Å²) in [4.78, 5) is 20.3. The molecule has 33 heavy (non-hydrogen) atoms. The summed E-state index contributed by atoms with van der Waals surface area (Å²) in [6.07, 6.45) is 0.132. The number of rotatable bonds is 3. The largest absolute Gasteiger partial charge is 0.491 e. The number of nitrogens with zero attached hydrogens (tertiary/aromatic N) is 2. The van der Waals surface area contributed by atoms with E-state index in [4.69, 9.17) is 10.5 Å². The van der Waals surface area contributed by atoms with Crippen LogP contribution in [0.15, 0.2) is 12.1 Å². The van der Waals surface area contributed by atoms with Gasteiger partial charge in [-0.05, 0) is 25.5 Å². The first-order chi connectivity index (χ1) is 15.8. The number of benzene rings is 1. The van der Waals surface area contributed by atoms with Crippen molar-refractivity contribution >= 4 is 38.8 Å². The maximum atomic E-state index is 15.0. The molecular weight excluding hydrogens is 448 g/mol. The fourth-order valence-electron chi connectivity index (χ4n) is 4.56. The molecule has 2 aliphatic heterocycles. The molecule has 5 rings (SSSR count). The molecule has 1 amide bonds. The maximum absolute atomic E-state index is 15.0. The average molecular weight is 474 g/mol. The summed E-state index contributed by atoms with van der Waals surface area (Å²) in [5.74, 6) is -1.85. The van der Waals surface area contributed by atoms with Gasteiger partial charge in [-0.15, -0.1) is 11.3 Å². The summed E-state index contributed by atoms with van der Waals surface area (Å²) < 4.78 is 35.6. The first-order valence-electron chi connectivity index (χ1n) is 10.9. The maximum Gasteiger partial charge on any atom is 0.263 e. The molecule has 7 nitrogen and oxygen atoms in total. The normalized spacial score (nSPS) is 18.2. The number of carbonyl (C=O) groups is 1. The van der Waals surface area contributed by atoms with E-state index in [0.717, 1.165) is 16.6 Å². The van der Waals surface area contributed by atoms with Crippen molar-refractivity contribution in [1.29, 1.82) is 0 Å². The van der Waals surface area contributed by atoms with Crippen LogP contribution in [0.3, 0.4) is 0 Å². The van der Waals surface area contributed by atoms with E-state index >= 15 is 0 Å². The van der Waals surface area contributed by atoms with E-state index in [1.54, 1.807) is 6.07 Å². The van der Waals surface area contributed by atoms with E-state index in [9.17, 15) is 13.6 Å². The van der Waals surface area contributed by atoms with Crippen molar-refractivity contribution in [2.24, 2.45) is 0 Å². The number of ether oxygens (including phenoxy) is 1. The minimum atomic E-state index is -0.920. The molecule has 1 saturated heterocycles. The zero-order valence-corrected chi connectivity index (χ0v) is 19.2. The SMILES string of the molecule is Cc1cc(C)c2c(N)c(C(=O)N[C@H]3COc4cc(N5CCNCC5)c(F)c(F)c4C3)sc2n1. The van der Waals surface area contributed by atoms with Crippen LogP contribution < -0.4 is 26.0 Å². The van der Waals surface area contributed by atoms with Gasteiger partial charge in [-0.1, -0.05) is 0 Å². The van der Waals surface area contributed by atoms with Crippen LogP contribution in [0.2, 0.25) is 0 Å². The number of aromatic nitrogens is 1. The van der Waals surface area contributed by atoms with E-state index in [1.165, 1.54) is 11.3 Å². The van der Waals surface area contributed by atoms with E-state index in [1.807, 2.05) is 24.8 Å². The molecule has 1 fully saturated rings. The Hall–Kier alpha value is -2.98. The number of nitrogens with one attached hydrogen (secondary N) is 2. The third-order valence-electron chi connectivity index (χ3n) is 6.16. The summed E-state index contributed by atoms with van der Waals surface area (Å²) in [6.45, 7) is 6.59. The van der Waals surface area contributed by atoms with Gasteiger partial charge in [-0.3, -0.25) is 4.79 Å². The molecule has 1 aromatic carbocycles. The molecule has 0 unspecified atom stereocenters. The number of nitrogen functional groups attached to an aromatic ring is 1. The minimum absolute atomic E-state index is 0.132. The second-order valence-corrected chi connectivity index (χ2v) is 9.53. The number of nitrogens with two attached hydrogens (primary N) is 1. The lowest BCUT2D eigenvalue weighted by Gasteiger charge is -2.32. The lowest BCUT2D eigenvalue weighted by atomic mass is 10.00. The number of carbonyl (C=O) groups excluding carboxylic acids is 1. The van der Waals surface area contributed by atoms with Gasteiger partial charge >= 0.3 is 0 Å². The van der Waals surface area contributed by atoms with Gasteiger partial charge in [0.15, 0.2) is 11.6 Å². The van der Waals surface area contributed by atoms with Crippen LogP contribution in [0.4, 0.5) is 20.2 Å². The van der Waals surface area contributed by atoms with Gasteiger partial charge in [0.2, 0.25) is 0 Å². The highest BCUT2D eigenvalue weighted by atomic mass is 32.1. The van der Waals surface area contributed by atoms with Crippen molar-refractivity contribution in [2.75, 3.05) is 43.4 Å². The number of pyridine rings is 1. The topological polar surface area (TPSA) is 92.5 Å². The summed E-state index contributed by atoms with van der Waals surface area (Å²) in [5.41, 5.74) is 8.81. The number of anilines is 2. The Morgan fingerprint density at radius 3 is 2.79 bits per heavy atom. The Morgan fingerprint density at radius 2 is 2.03 bits per heavy atom. The van der Waals surface area contributed by atoms with Gasteiger partial charge in [0.25, 0.3) is 5.91 Å². The summed E-state index contributed by atoms with van der Waals surface area (Å²) >= 11 is 1.22. The predicted octanol–water partition coefficient (Wildman–Crippen LogP) is 2.92. The number of amides is 1. The molecule has 0 saturated carbocycles. The number of piperazine rings is 1. The molecule has 1 atom stereocenters. The molecule has 3 aromatic rings. The van der Waals surface area contributed by atoms with Crippen molar-refractivity contribution in [2.45, 2.75) is 26.3 Å². The fourth-order valence-corrected chi connectivity index (χ4v) is 5.68. The third kappa shape index (κ3) is 3.87. The van der Waals surface area contributed by atoms with Crippen LogP contribution in [-0.2, 0) is 6.42 Å². The van der Waals surface area contributed by atoms with Gasteiger partial charge in [0.05, 0.1) is 17.4 Å². The Kier molecular flexibility index (Phi) is 5.57. The van der Waals surface area contributed by atoms with Crippen molar-refractivity contribution in [1.82, 2.24) is 15.6 Å². The molecule has 174 valence electrons. The highest BCUT2D eigenvalue weighted by Gasteiger charge is 2.30. The lowest BCUT2D eigenvalue weighted by Crippen LogP contribution is -2.45. The van der Waals surface area contributed by atoms with Crippen LogP contribution in [0.1, 0.15) is 26.5 Å². The molecular formula is C23H25F2N5O2S. The van der Waals surface area contributed by atoms with Crippen molar-refractivity contribution in [3.63, 3.8) is 0 Å². The molecule has 2 aliphatic rings. The molecule has 4 N–H and O–H groups in total. The highest BCUT2D eigenvalue weighted by Crippen LogP contribution is 2.37. The van der Waals surface area contributed by atoms with E-state index in [0.29, 0.717) is 47.3 Å². The number of hydrogen-bond donors (Lipinski definition) is 3. The van der Waals surface area contributed by atoms with Gasteiger partial charge in [-0.25, -0.2) is 13.8 Å². The number of hydrogen-bond acceptors (Lipinski definition) is 7.